The first-order valence-electron chi connectivity index (χ1n) is 8.36. The van der Waals surface area contributed by atoms with E-state index in [4.69, 9.17) is 10.00 Å². The lowest BCUT2D eigenvalue weighted by Gasteiger charge is -2.28. The first-order chi connectivity index (χ1) is 12.7. The summed E-state index contributed by atoms with van der Waals surface area (Å²) in [5.74, 6) is -1.05. The largest absolute Gasteiger partial charge is 0.451 e. The van der Waals surface area contributed by atoms with E-state index in [0.29, 0.717) is 13.1 Å². The molecule has 3 rings (SSSR count). The molecule has 5 heteroatoms. The summed E-state index contributed by atoms with van der Waals surface area (Å²) in [4.78, 5) is 26.1. The fraction of sp³-hybridized carbons (Fsp3) is 0.190. The van der Waals surface area contributed by atoms with E-state index in [-0.39, 0.29) is 18.1 Å². The molecule has 2 aromatic rings. The van der Waals surface area contributed by atoms with Crippen molar-refractivity contribution in [3.8, 4) is 6.07 Å². The van der Waals surface area contributed by atoms with E-state index >= 15 is 0 Å². The molecule has 1 aliphatic heterocycles. The minimum absolute atomic E-state index is 0.131. The molecule has 0 atom stereocenters. The zero-order valence-electron chi connectivity index (χ0n) is 14.2. The zero-order chi connectivity index (χ0) is 18.4. The zero-order valence-corrected chi connectivity index (χ0v) is 14.2. The monoisotopic (exact) mass is 346 g/mol. The summed E-state index contributed by atoms with van der Waals surface area (Å²) in [7, 11) is 0. The second-order valence-corrected chi connectivity index (χ2v) is 5.99. The molecule has 0 radical (unpaired) electrons. The minimum Gasteiger partial charge on any atom is -0.451 e. The molecule has 2 aromatic carbocycles. The van der Waals surface area contributed by atoms with Crippen molar-refractivity contribution in [2.45, 2.75) is 13.0 Å². The molecule has 0 aliphatic carbocycles. The molecule has 0 N–H and O–H groups in total. The van der Waals surface area contributed by atoms with Crippen molar-refractivity contribution in [1.82, 2.24) is 4.90 Å². The van der Waals surface area contributed by atoms with Gasteiger partial charge in [0.1, 0.15) is 11.6 Å². The summed E-state index contributed by atoms with van der Waals surface area (Å²) >= 11 is 0. The highest BCUT2D eigenvalue weighted by Gasteiger charge is 2.22. The Morgan fingerprint density at radius 2 is 1.77 bits per heavy atom. The van der Waals surface area contributed by atoms with Crippen molar-refractivity contribution in [1.29, 1.82) is 5.26 Å². The molecule has 0 spiro atoms. The fourth-order valence-electron chi connectivity index (χ4n) is 2.86. The normalized spacial score (nSPS) is 13.5. The molecule has 0 saturated carbocycles. The Balaban J connectivity index is 1.58. The Kier molecular flexibility index (Phi) is 5.45. The number of fused-ring (bicyclic) bond motifs is 1. The highest BCUT2D eigenvalue weighted by atomic mass is 16.5. The van der Waals surface area contributed by atoms with Gasteiger partial charge >= 0.3 is 5.97 Å². The van der Waals surface area contributed by atoms with Gasteiger partial charge in [0.15, 0.2) is 6.61 Å². The highest BCUT2D eigenvalue weighted by Crippen LogP contribution is 2.18. The molecular weight excluding hydrogens is 328 g/mol. The molecule has 1 heterocycles. The highest BCUT2D eigenvalue weighted by molar-refractivity contribution is 5.98. The topological polar surface area (TPSA) is 70.4 Å². The van der Waals surface area contributed by atoms with Gasteiger partial charge in [-0.1, -0.05) is 54.6 Å². The number of amides is 1. The average Bonchev–Trinajstić information content (AvgIpc) is 2.70. The second kappa shape index (κ2) is 8.13. The molecule has 0 aromatic heterocycles. The van der Waals surface area contributed by atoms with Crippen molar-refractivity contribution in [3.63, 3.8) is 0 Å². The first-order valence-corrected chi connectivity index (χ1v) is 8.36. The molecule has 0 unspecified atom stereocenters. The minimum atomic E-state index is -0.790. The Bertz CT molecular complexity index is 882. The van der Waals surface area contributed by atoms with Crippen LogP contribution in [0.5, 0.6) is 0 Å². The van der Waals surface area contributed by atoms with E-state index in [0.717, 1.165) is 17.5 Å². The van der Waals surface area contributed by atoms with E-state index in [1.807, 2.05) is 42.5 Å². The fourth-order valence-corrected chi connectivity index (χ4v) is 2.86. The van der Waals surface area contributed by atoms with E-state index in [2.05, 4.69) is 6.07 Å². The number of benzene rings is 2. The molecule has 5 nitrogen and oxygen atoms in total. The summed E-state index contributed by atoms with van der Waals surface area (Å²) in [5, 5.41) is 9.17. The van der Waals surface area contributed by atoms with Gasteiger partial charge in [-0.3, -0.25) is 4.79 Å². The van der Waals surface area contributed by atoms with Crippen LogP contribution in [0.4, 0.5) is 0 Å². The van der Waals surface area contributed by atoms with Crippen LogP contribution in [-0.4, -0.2) is 29.9 Å². The van der Waals surface area contributed by atoms with Gasteiger partial charge in [-0.15, -0.1) is 0 Å². The molecule has 130 valence electrons. The van der Waals surface area contributed by atoms with Gasteiger partial charge < -0.3 is 9.64 Å². The summed E-state index contributed by atoms with van der Waals surface area (Å²) in [6, 6.07) is 18.8. The predicted molar refractivity (Wildman–Crippen MR) is 96.6 cm³/mol. The number of rotatable bonds is 4. The van der Waals surface area contributed by atoms with Crippen LogP contribution in [0.1, 0.15) is 16.7 Å². The van der Waals surface area contributed by atoms with E-state index < -0.39 is 5.97 Å². The molecule has 1 amide bonds. The lowest BCUT2D eigenvalue weighted by atomic mass is 10.00. The number of ether oxygens (including phenoxy) is 1. The molecule has 0 saturated heterocycles. The maximum Gasteiger partial charge on any atom is 0.349 e. The van der Waals surface area contributed by atoms with Crippen LogP contribution in [0.25, 0.3) is 6.08 Å². The Morgan fingerprint density at radius 1 is 1.08 bits per heavy atom. The van der Waals surface area contributed by atoms with Gasteiger partial charge in [0, 0.05) is 13.1 Å². The number of hydrogen-bond donors (Lipinski definition) is 0. The average molecular weight is 346 g/mol. The third-order valence-electron chi connectivity index (χ3n) is 4.26. The van der Waals surface area contributed by atoms with Crippen molar-refractivity contribution < 1.29 is 14.3 Å². The molecule has 1 aliphatic rings. The lowest BCUT2D eigenvalue weighted by Crippen LogP contribution is -2.38. The van der Waals surface area contributed by atoms with Crippen LogP contribution >= 0.6 is 0 Å². The molecule has 0 bridgehead atoms. The molecule has 26 heavy (non-hydrogen) atoms. The standard InChI is InChI=1S/C21H18N2O3/c22-13-19(12-16-6-2-1-3-7-16)21(25)26-15-20(24)23-11-10-17-8-4-5-9-18(17)14-23/h1-9,12H,10-11,14-15H2/b19-12+. The number of carbonyl (C=O) groups is 2. The Labute approximate surface area is 152 Å². The van der Waals surface area contributed by atoms with Crippen LogP contribution in [0.2, 0.25) is 0 Å². The van der Waals surface area contributed by atoms with Gasteiger partial charge in [0.05, 0.1) is 0 Å². The number of hydrogen-bond acceptors (Lipinski definition) is 4. The van der Waals surface area contributed by atoms with Gasteiger partial charge in [-0.25, -0.2) is 4.79 Å². The van der Waals surface area contributed by atoms with Crippen molar-refractivity contribution in [2.75, 3.05) is 13.2 Å². The predicted octanol–water partition coefficient (Wildman–Crippen LogP) is 2.72. The lowest BCUT2D eigenvalue weighted by molar-refractivity contribution is -0.149. The first kappa shape index (κ1) is 17.4. The Hall–Kier alpha value is -3.39. The maximum atomic E-state index is 12.3. The summed E-state index contributed by atoms with van der Waals surface area (Å²) in [5.41, 5.74) is 2.94. The van der Waals surface area contributed by atoms with Gasteiger partial charge in [0.25, 0.3) is 5.91 Å². The summed E-state index contributed by atoms with van der Waals surface area (Å²) < 4.78 is 5.05. The van der Waals surface area contributed by atoms with E-state index in [1.54, 1.807) is 17.0 Å². The van der Waals surface area contributed by atoms with Crippen LogP contribution in [-0.2, 0) is 27.3 Å². The van der Waals surface area contributed by atoms with Crippen molar-refractivity contribution >= 4 is 18.0 Å². The van der Waals surface area contributed by atoms with Gasteiger partial charge in [-0.05, 0) is 29.2 Å². The smallest absolute Gasteiger partial charge is 0.349 e. The number of nitriles is 1. The third kappa shape index (κ3) is 4.17. The van der Waals surface area contributed by atoms with Crippen molar-refractivity contribution in [2.24, 2.45) is 0 Å². The van der Waals surface area contributed by atoms with Gasteiger partial charge in [0.2, 0.25) is 0 Å². The number of carbonyl (C=O) groups excluding carboxylic acids is 2. The van der Waals surface area contributed by atoms with Crippen molar-refractivity contribution in [3.05, 3.63) is 76.9 Å². The third-order valence-corrected chi connectivity index (χ3v) is 4.26. The summed E-state index contributed by atoms with van der Waals surface area (Å²) in [6.07, 6.45) is 2.23. The second-order valence-electron chi connectivity index (χ2n) is 5.99. The quantitative estimate of drug-likeness (QED) is 0.485. The number of nitrogens with zero attached hydrogens (tertiary/aromatic N) is 2. The SMILES string of the molecule is N#C/C(=C\c1ccccc1)C(=O)OCC(=O)N1CCc2ccccc2C1. The van der Waals surface area contributed by atoms with E-state index in [9.17, 15) is 9.59 Å². The van der Waals surface area contributed by atoms with Crippen LogP contribution in [0, 0.1) is 11.3 Å². The van der Waals surface area contributed by atoms with E-state index in [1.165, 1.54) is 11.6 Å². The van der Waals surface area contributed by atoms with Crippen LogP contribution < -0.4 is 0 Å². The number of esters is 1. The Morgan fingerprint density at radius 3 is 2.50 bits per heavy atom. The molecule has 0 fully saturated rings. The maximum absolute atomic E-state index is 12.3. The summed E-state index contributed by atoms with van der Waals surface area (Å²) in [6.45, 7) is 0.741. The molecular formula is C21H18N2O3. The van der Waals surface area contributed by atoms with Crippen LogP contribution in [0.3, 0.4) is 0 Å². The van der Waals surface area contributed by atoms with Gasteiger partial charge in [-0.2, -0.15) is 5.26 Å². The van der Waals surface area contributed by atoms with Crippen LogP contribution in [0.15, 0.2) is 60.2 Å².